The van der Waals surface area contributed by atoms with Crippen LogP contribution in [0.4, 0.5) is 0 Å². The Kier molecular flexibility index (Phi) is 4.77. The number of benzene rings is 2. The summed E-state index contributed by atoms with van der Waals surface area (Å²) in [5.41, 5.74) is 2.34. The number of hydrogen-bond donors (Lipinski definition) is 2. The molecule has 1 atom stereocenters. The smallest absolute Gasteiger partial charge is 0.251 e. The van der Waals surface area contributed by atoms with Crippen LogP contribution < -0.4 is 5.32 Å². The highest BCUT2D eigenvalue weighted by atomic mass is 35.5. The third-order valence-electron chi connectivity index (χ3n) is 3.11. The van der Waals surface area contributed by atoms with Crippen LogP contribution in [0.15, 0.2) is 48.5 Å². The second-order valence-corrected chi connectivity index (χ2v) is 5.03. The average molecular weight is 290 g/mol. The summed E-state index contributed by atoms with van der Waals surface area (Å²) >= 11 is 5.77. The molecule has 0 saturated heterocycles. The third kappa shape index (κ3) is 3.59. The van der Waals surface area contributed by atoms with Crippen molar-refractivity contribution in [3.8, 4) is 0 Å². The highest BCUT2D eigenvalue weighted by Gasteiger charge is 2.12. The van der Waals surface area contributed by atoms with Gasteiger partial charge in [0.05, 0.1) is 6.10 Å². The lowest BCUT2D eigenvalue weighted by atomic mass is 10.0. The Morgan fingerprint density at radius 2 is 1.85 bits per heavy atom. The first-order valence-electron chi connectivity index (χ1n) is 6.35. The molecule has 0 fully saturated rings. The van der Waals surface area contributed by atoms with Crippen LogP contribution in [0.1, 0.15) is 27.6 Å². The fourth-order valence-corrected chi connectivity index (χ4v) is 2.09. The van der Waals surface area contributed by atoms with Crippen molar-refractivity contribution in [1.29, 1.82) is 0 Å². The first kappa shape index (κ1) is 14.6. The molecule has 0 spiro atoms. The van der Waals surface area contributed by atoms with Crippen molar-refractivity contribution in [3.05, 3.63) is 70.2 Å². The predicted octanol–water partition coefficient (Wildman–Crippen LogP) is 3.11. The first-order valence-corrected chi connectivity index (χ1v) is 6.73. The molecule has 2 aromatic rings. The molecular formula is C16H16ClNO2. The predicted molar refractivity (Wildman–Crippen MR) is 79.9 cm³/mol. The zero-order valence-electron chi connectivity index (χ0n) is 11.1. The first-order chi connectivity index (χ1) is 9.58. The Morgan fingerprint density at radius 1 is 1.20 bits per heavy atom. The summed E-state index contributed by atoms with van der Waals surface area (Å²) in [6.45, 7) is 2.10. The van der Waals surface area contributed by atoms with Crippen molar-refractivity contribution >= 4 is 17.5 Å². The van der Waals surface area contributed by atoms with E-state index >= 15 is 0 Å². The molecule has 20 heavy (non-hydrogen) atoms. The Morgan fingerprint density at radius 3 is 2.50 bits per heavy atom. The van der Waals surface area contributed by atoms with Crippen LogP contribution in [0, 0.1) is 6.92 Å². The number of aliphatic hydroxyl groups is 1. The van der Waals surface area contributed by atoms with Crippen LogP contribution in [-0.4, -0.2) is 17.6 Å². The van der Waals surface area contributed by atoms with Gasteiger partial charge in [0.1, 0.15) is 0 Å². The maximum absolute atomic E-state index is 11.9. The summed E-state index contributed by atoms with van der Waals surface area (Å²) in [5.74, 6) is -0.227. The van der Waals surface area contributed by atoms with Crippen molar-refractivity contribution < 1.29 is 9.90 Å². The van der Waals surface area contributed by atoms with Gasteiger partial charge in [0, 0.05) is 17.1 Å². The van der Waals surface area contributed by atoms with E-state index in [4.69, 9.17) is 11.6 Å². The van der Waals surface area contributed by atoms with E-state index < -0.39 is 6.10 Å². The molecule has 0 bridgehead atoms. The molecule has 2 N–H and O–H groups in total. The van der Waals surface area contributed by atoms with E-state index in [0.717, 1.165) is 11.1 Å². The van der Waals surface area contributed by atoms with E-state index in [0.29, 0.717) is 10.6 Å². The Labute approximate surface area is 123 Å². The summed E-state index contributed by atoms with van der Waals surface area (Å²) in [4.78, 5) is 11.9. The van der Waals surface area contributed by atoms with Gasteiger partial charge in [-0.15, -0.1) is 0 Å². The molecule has 0 aromatic heterocycles. The monoisotopic (exact) mass is 289 g/mol. The number of rotatable bonds is 4. The van der Waals surface area contributed by atoms with Gasteiger partial charge in [-0.2, -0.15) is 0 Å². The molecular weight excluding hydrogens is 274 g/mol. The molecule has 0 aliphatic rings. The number of carbonyl (C=O) groups is 1. The molecule has 0 aliphatic carbocycles. The highest BCUT2D eigenvalue weighted by Crippen LogP contribution is 2.16. The summed E-state index contributed by atoms with van der Waals surface area (Å²) in [6, 6.07) is 14.2. The summed E-state index contributed by atoms with van der Waals surface area (Å²) in [5, 5.41) is 13.4. The zero-order chi connectivity index (χ0) is 14.5. The van der Waals surface area contributed by atoms with Gasteiger partial charge in [-0.1, -0.05) is 35.9 Å². The highest BCUT2D eigenvalue weighted by molar-refractivity contribution is 6.30. The number of carbonyl (C=O) groups excluding carboxylic acids is 1. The molecule has 2 aromatic carbocycles. The fraction of sp³-hybridized carbons (Fsp3) is 0.188. The van der Waals surface area contributed by atoms with Gasteiger partial charge in [0.15, 0.2) is 0 Å². The van der Waals surface area contributed by atoms with Crippen molar-refractivity contribution in [2.75, 3.05) is 6.54 Å². The standard InChI is InChI=1S/C16H16ClNO2/c1-11-4-2-3-5-14(11)15(19)10-18-16(20)12-6-8-13(17)9-7-12/h2-9,15,19H,10H2,1H3,(H,18,20). The van der Waals surface area contributed by atoms with Crippen molar-refractivity contribution in [2.45, 2.75) is 13.0 Å². The molecule has 0 heterocycles. The summed E-state index contributed by atoms with van der Waals surface area (Å²) in [6.07, 6.45) is -0.715. The minimum absolute atomic E-state index is 0.173. The quantitative estimate of drug-likeness (QED) is 0.908. The normalized spacial score (nSPS) is 11.9. The summed E-state index contributed by atoms with van der Waals surface area (Å²) < 4.78 is 0. The number of amides is 1. The van der Waals surface area contributed by atoms with Crippen LogP contribution in [0.5, 0.6) is 0 Å². The van der Waals surface area contributed by atoms with Crippen LogP contribution in [0.25, 0.3) is 0 Å². The molecule has 0 aliphatic heterocycles. The Bertz CT molecular complexity index is 596. The SMILES string of the molecule is Cc1ccccc1C(O)CNC(=O)c1ccc(Cl)cc1. The molecule has 0 saturated carbocycles. The number of aryl methyl sites for hydroxylation is 1. The lowest BCUT2D eigenvalue weighted by Crippen LogP contribution is -2.28. The number of hydrogen-bond acceptors (Lipinski definition) is 2. The van der Waals surface area contributed by atoms with E-state index in [1.54, 1.807) is 24.3 Å². The van der Waals surface area contributed by atoms with Crippen molar-refractivity contribution in [3.63, 3.8) is 0 Å². The molecule has 2 rings (SSSR count). The van der Waals surface area contributed by atoms with E-state index in [-0.39, 0.29) is 12.5 Å². The van der Waals surface area contributed by atoms with Gasteiger partial charge in [0.25, 0.3) is 5.91 Å². The molecule has 104 valence electrons. The second-order valence-electron chi connectivity index (χ2n) is 4.59. The average Bonchev–Trinajstić information content (AvgIpc) is 2.45. The van der Waals surface area contributed by atoms with Crippen LogP contribution >= 0.6 is 11.6 Å². The maximum Gasteiger partial charge on any atom is 0.251 e. The third-order valence-corrected chi connectivity index (χ3v) is 3.36. The maximum atomic E-state index is 11.9. The number of aliphatic hydroxyl groups excluding tert-OH is 1. The largest absolute Gasteiger partial charge is 0.387 e. The van der Waals surface area contributed by atoms with Crippen molar-refractivity contribution in [1.82, 2.24) is 5.32 Å². The molecule has 4 heteroatoms. The van der Waals surface area contributed by atoms with E-state index in [1.165, 1.54) is 0 Å². The Balaban J connectivity index is 1.97. The van der Waals surface area contributed by atoms with Crippen LogP contribution in [0.2, 0.25) is 5.02 Å². The fourth-order valence-electron chi connectivity index (χ4n) is 1.96. The Hall–Kier alpha value is -1.84. The van der Waals surface area contributed by atoms with Crippen LogP contribution in [0.3, 0.4) is 0 Å². The molecule has 3 nitrogen and oxygen atoms in total. The van der Waals surface area contributed by atoms with Gasteiger partial charge in [-0.3, -0.25) is 4.79 Å². The lowest BCUT2D eigenvalue weighted by molar-refractivity contribution is 0.0916. The zero-order valence-corrected chi connectivity index (χ0v) is 11.9. The van der Waals surface area contributed by atoms with Gasteiger partial charge >= 0.3 is 0 Å². The molecule has 0 radical (unpaired) electrons. The van der Waals surface area contributed by atoms with Gasteiger partial charge in [-0.25, -0.2) is 0 Å². The van der Waals surface area contributed by atoms with E-state index in [2.05, 4.69) is 5.32 Å². The molecule has 1 unspecified atom stereocenters. The lowest BCUT2D eigenvalue weighted by Gasteiger charge is -2.14. The minimum Gasteiger partial charge on any atom is -0.387 e. The van der Waals surface area contributed by atoms with Crippen LogP contribution in [-0.2, 0) is 0 Å². The number of nitrogens with one attached hydrogen (secondary N) is 1. The topological polar surface area (TPSA) is 49.3 Å². The number of halogens is 1. The molecule has 1 amide bonds. The second kappa shape index (κ2) is 6.55. The summed E-state index contributed by atoms with van der Waals surface area (Å²) in [7, 11) is 0. The van der Waals surface area contributed by atoms with Gasteiger partial charge in [0.2, 0.25) is 0 Å². The van der Waals surface area contributed by atoms with E-state index in [1.807, 2.05) is 31.2 Å². The van der Waals surface area contributed by atoms with Crippen molar-refractivity contribution in [2.24, 2.45) is 0 Å². The minimum atomic E-state index is -0.715. The van der Waals surface area contributed by atoms with E-state index in [9.17, 15) is 9.90 Å². The van der Waals surface area contributed by atoms with Gasteiger partial charge in [-0.05, 0) is 42.3 Å². The van der Waals surface area contributed by atoms with Gasteiger partial charge < -0.3 is 10.4 Å².